The van der Waals surface area contributed by atoms with E-state index in [4.69, 9.17) is 0 Å². The molecule has 0 unspecified atom stereocenters. The van der Waals surface area contributed by atoms with Crippen molar-refractivity contribution < 1.29 is 13.2 Å². The summed E-state index contributed by atoms with van der Waals surface area (Å²) in [6, 6.07) is 0. The average Bonchev–Trinajstić information content (AvgIpc) is 2.31. The zero-order valence-corrected chi connectivity index (χ0v) is 7.52. The summed E-state index contributed by atoms with van der Waals surface area (Å²) in [5, 5.41) is 3.67. The Kier molecular flexibility index (Phi) is 2.63. The van der Waals surface area contributed by atoms with Crippen molar-refractivity contribution >= 4 is 0 Å². The predicted molar refractivity (Wildman–Crippen MR) is 42.3 cm³/mol. The largest absolute Gasteiger partial charge is 0.433 e. The molecule has 0 N–H and O–H groups in total. The van der Waals surface area contributed by atoms with E-state index in [9.17, 15) is 13.2 Å². The van der Waals surface area contributed by atoms with Crippen LogP contribution in [0.4, 0.5) is 13.2 Å². The second-order valence-corrected chi connectivity index (χ2v) is 2.90. The molecule has 0 spiro atoms. The molecule has 1 heterocycles. The fraction of sp³-hybridized carbons (Fsp3) is 0.625. The lowest BCUT2D eigenvalue weighted by Crippen LogP contribution is -2.15. The van der Waals surface area contributed by atoms with Crippen LogP contribution >= 0.6 is 0 Å². The number of hydrogen-bond donors (Lipinski definition) is 0. The molecule has 74 valence electrons. The van der Waals surface area contributed by atoms with Gasteiger partial charge in [-0.2, -0.15) is 18.3 Å². The highest BCUT2D eigenvalue weighted by molar-refractivity contribution is 5.18. The minimum absolute atomic E-state index is 0.181. The second kappa shape index (κ2) is 3.40. The molecule has 2 nitrogen and oxygen atoms in total. The number of halogens is 3. The Bertz CT molecular complexity index is 288. The fourth-order valence-corrected chi connectivity index (χ4v) is 1.23. The zero-order chi connectivity index (χ0) is 10.1. The average molecular weight is 192 g/mol. The standard InChI is InChI=1S/C8H11F3N2/c1-3-4-13-7(8(9,10)11)6(2)5-12-13/h5H,3-4H2,1-2H3. The van der Waals surface area contributed by atoms with Crippen LogP contribution in [0.3, 0.4) is 0 Å². The number of hydrogen-bond acceptors (Lipinski definition) is 1. The van der Waals surface area contributed by atoms with Crippen LogP contribution in [0.15, 0.2) is 6.20 Å². The zero-order valence-electron chi connectivity index (χ0n) is 7.52. The van der Waals surface area contributed by atoms with Crippen molar-refractivity contribution in [2.75, 3.05) is 0 Å². The number of rotatable bonds is 2. The van der Waals surface area contributed by atoms with Gasteiger partial charge in [-0.1, -0.05) is 6.92 Å². The van der Waals surface area contributed by atoms with Crippen LogP contribution in [0, 0.1) is 6.92 Å². The maximum Gasteiger partial charge on any atom is 0.433 e. The van der Waals surface area contributed by atoms with Crippen molar-refractivity contribution in [1.29, 1.82) is 0 Å². The predicted octanol–water partition coefficient (Wildman–Crippen LogP) is 2.62. The fourth-order valence-electron chi connectivity index (χ4n) is 1.23. The third kappa shape index (κ3) is 2.02. The molecule has 0 bridgehead atoms. The molecule has 0 atom stereocenters. The lowest BCUT2D eigenvalue weighted by Gasteiger charge is -2.10. The summed E-state index contributed by atoms with van der Waals surface area (Å²) >= 11 is 0. The molecule has 0 aliphatic heterocycles. The van der Waals surface area contributed by atoms with Crippen LogP contribution < -0.4 is 0 Å². The van der Waals surface area contributed by atoms with E-state index in [1.54, 1.807) is 0 Å². The van der Waals surface area contributed by atoms with Gasteiger partial charge in [0.1, 0.15) is 5.69 Å². The highest BCUT2D eigenvalue weighted by atomic mass is 19.4. The van der Waals surface area contributed by atoms with Crippen LogP contribution in [0.2, 0.25) is 0 Å². The first-order valence-corrected chi connectivity index (χ1v) is 4.06. The van der Waals surface area contributed by atoms with Crippen LogP contribution in [-0.4, -0.2) is 9.78 Å². The Morgan fingerprint density at radius 2 is 2.08 bits per heavy atom. The van der Waals surface area contributed by atoms with Gasteiger partial charge in [-0.25, -0.2) is 0 Å². The molecule has 0 saturated heterocycles. The Balaban J connectivity index is 3.09. The Labute approximate surface area is 74.4 Å². The molecule has 0 fully saturated rings. The second-order valence-electron chi connectivity index (χ2n) is 2.90. The summed E-state index contributed by atoms with van der Waals surface area (Å²) in [6.07, 6.45) is -2.40. The number of nitrogens with zero attached hydrogens (tertiary/aromatic N) is 2. The van der Waals surface area contributed by atoms with Gasteiger partial charge in [0, 0.05) is 6.54 Å². The Morgan fingerprint density at radius 3 is 2.54 bits per heavy atom. The molecule has 1 rings (SSSR count). The third-order valence-electron chi connectivity index (χ3n) is 1.73. The molecule has 1 aromatic rings. The molecule has 1 aromatic heterocycles. The van der Waals surface area contributed by atoms with Crippen molar-refractivity contribution in [2.45, 2.75) is 33.0 Å². The van der Waals surface area contributed by atoms with Gasteiger partial charge in [0.15, 0.2) is 0 Å². The minimum atomic E-state index is -4.30. The summed E-state index contributed by atoms with van der Waals surface area (Å²) in [4.78, 5) is 0. The summed E-state index contributed by atoms with van der Waals surface area (Å²) in [5.41, 5.74) is -0.449. The van der Waals surface area contributed by atoms with Crippen molar-refractivity contribution in [3.63, 3.8) is 0 Å². The Hall–Kier alpha value is -1.00. The first-order valence-electron chi connectivity index (χ1n) is 4.06. The van der Waals surface area contributed by atoms with Crippen molar-refractivity contribution in [3.05, 3.63) is 17.5 Å². The topological polar surface area (TPSA) is 17.8 Å². The summed E-state index contributed by atoms with van der Waals surface area (Å²) in [5.74, 6) is 0. The summed E-state index contributed by atoms with van der Waals surface area (Å²) in [7, 11) is 0. The minimum Gasteiger partial charge on any atom is -0.260 e. The van der Waals surface area contributed by atoms with E-state index in [0.717, 1.165) is 4.68 Å². The maximum atomic E-state index is 12.4. The molecule has 0 saturated carbocycles. The van der Waals surface area contributed by atoms with Crippen molar-refractivity contribution in [2.24, 2.45) is 0 Å². The lowest BCUT2D eigenvalue weighted by atomic mass is 10.2. The monoisotopic (exact) mass is 192 g/mol. The van der Waals surface area contributed by atoms with Crippen LogP contribution in [0.25, 0.3) is 0 Å². The summed E-state index contributed by atoms with van der Waals surface area (Å²) < 4.78 is 38.2. The van der Waals surface area contributed by atoms with Gasteiger partial charge in [0.25, 0.3) is 0 Å². The maximum absolute atomic E-state index is 12.4. The van der Waals surface area contributed by atoms with Crippen molar-refractivity contribution in [1.82, 2.24) is 9.78 Å². The van der Waals surface area contributed by atoms with Gasteiger partial charge in [0.05, 0.1) is 6.20 Å². The molecule has 0 amide bonds. The summed E-state index contributed by atoms with van der Waals surface area (Å²) in [6.45, 7) is 3.54. The van der Waals surface area contributed by atoms with Gasteiger partial charge in [-0.15, -0.1) is 0 Å². The molecule has 0 aromatic carbocycles. The molecule has 0 radical (unpaired) electrons. The molecular weight excluding hydrogens is 181 g/mol. The molecular formula is C8H11F3N2. The number of alkyl halides is 3. The normalized spacial score (nSPS) is 12.1. The first kappa shape index (κ1) is 10.1. The van der Waals surface area contributed by atoms with Gasteiger partial charge in [0.2, 0.25) is 0 Å². The highest BCUT2D eigenvalue weighted by Gasteiger charge is 2.36. The smallest absolute Gasteiger partial charge is 0.260 e. The molecule has 13 heavy (non-hydrogen) atoms. The highest BCUT2D eigenvalue weighted by Crippen LogP contribution is 2.31. The van der Waals surface area contributed by atoms with Gasteiger partial charge in [-0.05, 0) is 18.9 Å². The quantitative estimate of drug-likeness (QED) is 0.704. The number of aryl methyl sites for hydroxylation is 2. The van der Waals surface area contributed by atoms with Crippen LogP contribution in [0.1, 0.15) is 24.6 Å². The Morgan fingerprint density at radius 1 is 1.46 bits per heavy atom. The van der Waals surface area contributed by atoms with Crippen molar-refractivity contribution in [3.8, 4) is 0 Å². The molecule has 0 aliphatic rings. The molecule has 0 aliphatic carbocycles. The van der Waals surface area contributed by atoms with Crippen LogP contribution in [-0.2, 0) is 12.7 Å². The van der Waals surface area contributed by atoms with E-state index in [1.807, 2.05) is 6.92 Å². The first-order chi connectivity index (χ1) is 5.96. The number of aromatic nitrogens is 2. The third-order valence-corrected chi connectivity index (χ3v) is 1.73. The van der Waals surface area contributed by atoms with E-state index in [2.05, 4.69) is 5.10 Å². The van der Waals surface area contributed by atoms with Crippen LogP contribution in [0.5, 0.6) is 0 Å². The SMILES string of the molecule is CCCn1ncc(C)c1C(F)(F)F. The molecule has 5 heteroatoms. The van der Waals surface area contributed by atoms with E-state index in [0.29, 0.717) is 13.0 Å². The van der Waals surface area contributed by atoms with E-state index < -0.39 is 11.9 Å². The lowest BCUT2D eigenvalue weighted by molar-refractivity contribution is -0.144. The van der Waals surface area contributed by atoms with Gasteiger partial charge in [-0.3, -0.25) is 4.68 Å². The van der Waals surface area contributed by atoms with Gasteiger partial charge >= 0.3 is 6.18 Å². The van der Waals surface area contributed by atoms with E-state index in [-0.39, 0.29) is 5.56 Å². The van der Waals surface area contributed by atoms with E-state index >= 15 is 0 Å². The van der Waals surface area contributed by atoms with Gasteiger partial charge < -0.3 is 0 Å². The van der Waals surface area contributed by atoms with E-state index in [1.165, 1.54) is 13.1 Å².